The van der Waals surface area contributed by atoms with Crippen LogP contribution in [0.2, 0.25) is 0 Å². The highest BCUT2D eigenvalue weighted by atomic mass is 32.2. The monoisotopic (exact) mass is 252 g/mol. The zero-order valence-corrected chi connectivity index (χ0v) is 10.4. The predicted molar refractivity (Wildman–Crippen MR) is 65.2 cm³/mol. The third-order valence-electron chi connectivity index (χ3n) is 3.73. The van der Waals surface area contributed by atoms with E-state index in [9.17, 15) is 8.42 Å². The highest BCUT2D eigenvalue weighted by molar-refractivity contribution is 7.89. The van der Waals surface area contributed by atoms with Crippen LogP contribution in [0.5, 0.6) is 0 Å². The minimum atomic E-state index is -3.27. The Morgan fingerprint density at radius 1 is 1.12 bits per heavy atom. The van der Waals surface area contributed by atoms with E-state index in [4.69, 9.17) is 0 Å². The Balaban J connectivity index is 1.87. The second-order valence-corrected chi connectivity index (χ2v) is 6.66. The Kier molecular flexibility index (Phi) is 2.50. The lowest BCUT2D eigenvalue weighted by atomic mass is 9.99. The second-order valence-electron chi connectivity index (χ2n) is 4.80. The molecule has 2 aliphatic rings. The number of nitrogens with one attached hydrogen (secondary N) is 1. The lowest BCUT2D eigenvalue weighted by Crippen LogP contribution is -2.37. The molecule has 1 aromatic carbocycles. The minimum absolute atomic E-state index is 0.0834. The molecule has 0 saturated carbocycles. The van der Waals surface area contributed by atoms with Crippen molar-refractivity contribution < 1.29 is 8.42 Å². The SMILES string of the molecule is O=S(=O)(c1ccccc1)N1CC12CCNCC2. The average molecular weight is 252 g/mol. The summed E-state index contributed by atoms with van der Waals surface area (Å²) in [6, 6.07) is 8.71. The molecule has 2 heterocycles. The molecule has 4 nitrogen and oxygen atoms in total. The quantitative estimate of drug-likeness (QED) is 0.793. The van der Waals surface area contributed by atoms with Gasteiger partial charge in [0.1, 0.15) is 0 Å². The first-order chi connectivity index (χ1) is 8.15. The smallest absolute Gasteiger partial charge is 0.243 e. The maximum absolute atomic E-state index is 12.4. The molecule has 1 spiro atoms. The van der Waals surface area contributed by atoms with Crippen LogP contribution in [0.1, 0.15) is 12.8 Å². The highest BCUT2D eigenvalue weighted by Gasteiger charge is 2.58. The summed E-state index contributed by atoms with van der Waals surface area (Å²) >= 11 is 0. The molecule has 1 atom stereocenters. The van der Waals surface area contributed by atoms with Crippen molar-refractivity contribution in [2.75, 3.05) is 19.6 Å². The van der Waals surface area contributed by atoms with Gasteiger partial charge in [-0.05, 0) is 38.1 Å². The van der Waals surface area contributed by atoms with E-state index in [1.807, 2.05) is 6.07 Å². The first kappa shape index (κ1) is 11.2. The standard InChI is InChI=1S/C12H16N2O2S/c15-17(16,11-4-2-1-3-5-11)14-10-12(14)6-8-13-9-7-12/h1-5,13H,6-10H2. The minimum Gasteiger partial charge on any atom is -0.317 e. The number of nitrogens with zero attached hydrogens (tertiary/aromatic N) is 1. The zero-order chi connectivity index (χ0) is 11.9. The van der Waals surface area contributed by atoms with Gasteiger partial charge in [-0.3, -0.25) is 0 Å². The van der Waals surface area contributed by atoms with Crippen LogP contribution in [0, 0.1) is 0 Å². The van der Waals surface area contributed by atoms with Crippen LogP contribution in [-0.2, 0) is 10.0 Å². The topological polar surface area (TPSA) is 49.2 Å². The van der Waals surface area contributed by atoms with Gasteiger partial charge in [0.25, 0.3) is 0 Å². The van der Waals surface area contributed by atoms with Gasteiger partial charge in [0, 0.05) is 6.54 Å². The molecule has 1 unspecified atom stereocenters. The number of sulfonamides is 1. The first-order valence-corrected chi connectivity index (χ1v) is 7.38. The Labute approximate surface area is 102 Å². The van der Waals surface area contributed by atoms with Crippen molar-refractivity contribution in [3.05, 3.63) is 30.3 Å². The fraction of sp³-hybridized carbons (Fsp3) is 0.500. The first-order valence-electron chi connectivity index (χ1n) is 5.94. The van der Waals surface area contributed by atoms with Crippen molar-refractivity contribution in [2.45, 2.75) is 23.3 Å². The van der Waals surface area contributed by atoms with Crippen molar-refractivity contribution in [2.24, 2.45) is 0 Å². The summed E-state index contributed by atoms with van der Waals surface area (Å²) in [6.45, 7) is 2.52. The molecule has 1 N–H and O–H groups in total. The van der Waals surface area contributed by atoms with Gasteiger partial charge >= 0.3 is 0 Å². The van der Waals surface area contributed by atoms with Crippen LogP contribution < -0.4 is 5.32 Å². The summed E-state index contributed by atoms with van der Waals surface area (Å²) in [7, 11) is -3.27. The van der Waals surface area contributed by atoms with Crippen molar-refractivity contribution in [3.8, 4) is 0 Å². The van der Waals surface area contributed by atoms with Crippen molar-refractivity contribution in [3.63, 3.8) is 0 Å². The molecule has 92 valence electrons. The van der Waals surface area contributed by atoms with Gasteiger partial charge in [0.05, 0.1) is 10.4 Å². The number of hydrogen-bond donors (Lipinski definition) is 1. The lowest BCUT2D eigenvalue weighted by Gasteiger charge is -2.23. The fourth-order valence-corrected chi connectivity index (χ4v) is 4.45. The maximum Gasteiger partial charge on any atom is 0.243 e. The maximum atomic E-state index is 12.4. The summed E-state index contributed by atoms with van der Waals surface area (Å²) in [4.78, 5) is 0.412. The largest absolute Gasteiger partial charge is 0.317 e. The fourth-order valence-electron chi connectivity index (χ4n) is 2.59. The highest BCUT2D eigenvalue weighted by Crippen LogP contribution is 2.44. The van der Waals surface area contributed by atoms with Crippen molar-refractivity contribution >= 4 is 10.0 Å². The number of benzene rings is 1. The van der Waals surface area contributed by atoms with Gasteiger partial charge in [0.2, 0.25) is 10.0 Å². The molecule has 0 aromatic heterocycles. The normalized spacial score (nSPS) is 26.9. The number of piperidine rings is 1. The van der Waals surface area contributed by atoms with Crippen LogP contribution in [0.15, 0.2) is 35.2 Å². The average Bonchev–Trinajstić information content (AvgIpc) is 3.06. The molecular formula is C12H16N2O2S. The lowest BCUT2D eigenvalue weighted by molar-refractivity contribution is 0.380. The van der Waals surface area contributed by atoms with E-state index in [-0.39, 0.29) is 5.54 Å². The van der Waals surface area contributed by atoms with Crippen LogP contribution in [0.4, 0.5) is 0 Å². The van der Waals surface area contributed by atoms with E-state index >= 15 is 0 Å². The van der Waals surface area contributed by atoms with Gasteiger partial charge in [-0.25, -0.2) is 8.42 Å². The zero-order valence-electron chi connectivity index (χ0n) is 9.59. The van der Waals surface area contributed by atoms with E-state index < -0.39 is 10.0 Å². The number of rotatable bonds is 2. The van der Waals surface area contributed by atoms with Crippen LogP contribution in [0.3, 0.4) is 0 Å². The molecule has 2 saturated heterocycles. The van der Waals surface area contributed by atoms with E-state index in [1.165, 1.54) is 0 Å². The Hall–Kier alpha value is -0.910. The molecule has 0 aliphatic carbocycles. The summed E-state index contributed by atoms with van der Waals surface area (Å²) in [6.07, 6.45) is 1.86. The molecule has 2 fully saturated rings. The van der Waals surface area contributed by atoms with Gasteiger partial charge in [-0.2, -0.15) is 4.31 Å². The van der Waals surface area contributed by atoms with Gasteiger partial charge in [-0.15, -0.1) is 0 Å². The second kappa shape index (κ2) is 3.80. The third-order valence-corrected chi connectivity index (χ3v) is 5.69. The molecule has 5 heteroatoms. The molecule has 3 rings (SSSR count). The molecule has 17 heavy (non-hydrogen) atoms. The molecule has 0 bridgehead atoms. The third kappa shape index (κ3) is 1.78. The van der Waals surface area contributed by atoms with Gasteiger partial charge in [-0.1, -0.05) is 18.2 Å². The Bertz CT molecular complexity index is 507. The predicted octanol–water partition coefficient (Wildman–Crippen LogP) is 0.813. The molecule has 0 radical (unpaired) electrons. The molecule has 0 amide bonds. The van der Waals surface area contributed by atoms with Crippen molar-refractivity contribution in [1.29, 1.82) is 0 Å². The van der Waals surface area contributed by atoms with E-state index in [1.54, 1.807) is 28.6 Å². The molecular weight excluding hydrogens is 236 g/mol. The van der Waals surface area contributed by atoms with Crippen molar-refractivity contribution in [1.82, 2.24) is 9.62 Å². The summed E-state index contributed by atoms with van der Waals surface area (Å²) in [5.74, 6) is 0. The summed E-state index contributed by atoms with van der Waals surface area (Å²) < 4.78 is 26.4. The van der Waals surface area contributed by atoms with Crippen LogP contribution >= 0.6 is 0 Å². The van der Waals surface area contributed by atoms with E-state index in [2.05, 4.69) is 5.32 Å². The summed E-state index contributed by atoms with van der Waals surface area (Å²) in [5, 5.41) is 3.27. The van der Waals surface area contributed by atoms with Crippen LogP contribution in [-0.4, -0.2) is 37.9 Å². The van der Waals surface area contributed by atoms with Crippen LogP contribution in [0.25, 0.3) is 0 Å². The van der Waals surface area contributed by atoms with Gasteiger partial charge in [0.15, 0.2) is 0 Å². The van der Waals surface area contributed by atoms with E-state index in [0.29, 0.717) is 11.4 Å². The Morgan fingerprint density at radius 3 is 2.41 bits per heavy atom. The van der Waals surface area contributed by atoms with Gasteiger partial charge < -0.3 is 5.32 Å². The summed E-state index contributed by atoms with van der Waals surface area (Å²) in [5.41, 5.74) is -0.0834. The Morgan fingerprint density at radius 2 is 1.76 bits per heavy atom. The molecule has 2 aliphatic heterocycles. The number of hydrogen-bond acceptors (Lipinski definition) is 3. The molecule has 1 aromatic rings. The van der Waals surface area contributed by atoms with E-state index in [0.717, 1.165) is 25.9 Å².